The minimum atomic E-state index is -1.24. The van der Waals surface area contributed by atoms with Gasteiger partial charge < -0.3 is 21.5 Å². The zero-order valence-electron chi connectivity index (χ0n) is 9.03. The van der Waals surface area contributed by atoms with Crippen molar-refractivity contribution < 1.29 is 19.5 Å². The van der Waals surface area contributed by atoms with Crippen molar-refractivity contribution in [2.45, 2.75) is 18.9 Å². The molecule has 0 aliphatic carbocycles. The summed E-state index contributed by atoms with van der Waals surface area (Å²) in [6.07, 6.45) is -0.195. The molecule has 5 N–H and O–H groups in total. The number of nitrogens with two attached hydrogens (primary N) is 1. The van der Waals surface area contributed by atoms with Gasteiger partial charge in [0.05, 0.1) is 6.54 Å². The number of amides is 3. The smallest absolute Gasteiger partial charge is 0.326 e. The molecule has 1 unspecified atom stereocenters. The number of carboxylic acids is 1. The Morgan fingerprint density at radius 1 is 1.41 bits per heavy atom. The van der Waals surface area contributed by atoms with Gasteiger partial charge in [0.15, 0.2) is 0 Å². The SMILES string of the molecule is C=C(Cl)CNC(=O)NC(CCC(N)=O)C(=O)O. The molecule has 1 atom stereocenters. The van der Waals surface area contributed by atoms with Crippen LogP contribution >= 0.6 is 11.6 Å². The zero-order valence-corrected chi connectivity index (χ0v) is 9.79. The topological polar surface area (TPSA) is 122 Å². The normalized spacial score (nSPS) is 11.4. The van der Waals surface area contributed by atoms with Crippen molar-refractivity contribution in [1.82, 2.24) is 10.6 Å². The first-order chi connectivity index (χ1) is 7.82. The molecule has 0 aromatic carbocycles. The van der Waals surface area contributed by atoms with Crippen LogP contribution in [-0.2, 0) is 9.59 Å². The molecule has 0 rings (SSSR count). The van der Waals surface area contributed by atoms with Crippen LogP contribution in [0.4, 0.5) is 4.79 Å². The van der Waals surface area contributed by atoms with Gasteiger partial charge in [0.25, 0.3) is 0 Å². The molecule has 0 fully saturated rings. The first-order valence-corrected chi connectivity index (χ1v) is 5.09. The van der Waals surface area contributed by atoms with Gasteiger partial charge in [-0.3, -0.25) is 4.79 Å². The van der Waals surface area contributed by atoms with E-state index in [1.807, 2.05) is 0 Å². The van der Waals surface area contributed by atoms with Crippen LogP contribution in [0.1, 0.15) is 12.8 Å². The van der Waals surface area contributed by atoms with Crippen LogP contribution in [0.2, 0.25) is 0 Å². The maximum atomic E-state index is 11.2. The number of hydrogen-bond donors (Lipinski definition) is 4. The van der Waals surface area contributed by atoms with E-state index in [0.717, 1.165) is 0 Å². The molecule has 7 nitrogen and oxygen atoms in total. The number of hydrogen-bond acceptors (Lipinski definition) is 3. The van der Waals surface area contributed by atoms with Crippen molar-refractivity contribution in [2.24, 2.45) is 5.73 Å². The summed E-state index contributed by atoms with van der Waals surface area (Å²) in [5.74, 6) is -1.88. The highest BCUT2D eigenvalue weighted by Gasteiger charge is 2.20. The fraction of sp³-hybridized carbons (Fsp3) is 0.444. The molecule has 0 aromatic rings. The molecule has 96 valence electrons. The number of carbonyl (C=O) groups is 3. The Hall–Kier alpha value is -1.76. The lowest BCUT2D eigenvalue weighted by Crippen LogP contribution is -2.46. The van der Waals surface area contributed by atoms with E-state index in [2.05, 4.69) is 17.2 Å². The van der Waals surface area contributed by atoms with E-state index in [4.69, 9.17) is 22.4 Å². The number of halogens is 1. The number of primary amides is 1. The summed E-state index contributed by atoms with van der Waals surface area (Å²) in [4.78, 5) is 32.5. The van der Waals surface area contributed by atoms with E-state index in [1.54, 1.807) is 0 Å². The van der Waals surface area contributed by atoms with Gasteiger partial charge in [-0.2, -0.15) is 0 Å². The molecule has 0 bridgehead atoms. The first-order valence-electron chi connectivity index (χ1n) is 4.71. The van der Waals surface area contributed by atoms with Gasteiger partial charge in [-0.05, 0) is 6.42 Å². The van der Waals surface area contributed by atoms with Crippen LogP contribution in [0.5, 0.6) is 0 Å². The molecule has 0 saturated carbocycles. The van der Waals surface area contributed by atoms with E-state index >= 15 is 0 Å². The number of carbonyl (C=O) groups excluding carboxylic acids is 2. The lowest BCUT2D eigenvalue weighted by Gasteiger charge is -2.14. The molecule has 3 amide bonds. The summed E-state index contributed by atoms with van der Waals surface area (Å²) in [7, 11) is 0. The number of aliphatic carboxylic acids is 1. The summed E-state index contributed by atoms with van der Waals surface area (Å²) in [5.41, 5.74) is 4.88. The molecule has 0 aromatic heterocycles. The van der Waals surface area contributed by atoms with Crippen molar-refractivity contribution >= 4 is 29.5 Å². The third-order valence-corrected chi connectivity index (χ3v) is 1.86. The summed E-state index contributed by atoms with van der Waals surface area (Å²) in [6, 6.07) is -1.88. The van der Waals surface area contributed by atoms with Gasteiger partial charge in [0, 0.05) is 11.5 Å². The fourth-order valence-corrected chi connectivity index (χ4v) is 0.996. The second-order valence-electron chi connectivity index (χ2n) is 3.24. The number of urea groups is 1. The van der Waals surface area contributed by atoms with Crippen LogP contribution < -0.4 is 16.4 Å². The van der Waals surface area contributed by atoms with Crippen LogP contribution in [0, 0.1) is 0 Å². The number of rotatable bonds is 7. The average Bonchev–Trinajstić information content (AvgIpc) is 2.20. The van der Waals surface area contributed by atoms with E-state index in [9.17, 15) is 14.4 Å². The average molecular weight is 264 g/mol. The van der Waals surface area contributed by atoms with Crippen molar-refractivity contribution in [3.63, 3.8) is 0 Å². The van der Waals surface area contributed by atoms with E-state index in [-0.39, 0.29) is 24.4 Å². The molecular formula is C9H14ClN3O4. The highest BCUT2D eigenvalue weighted by Crippen LogP contribution is 1.98. The Bertz CT molecular complexity index is 332. The van der Waals surface area contributed by atoms with Gasteiger partial charge >= 0.3 is 12.0 Å². The van der Waals surface area contributed by atoms with Crippen molar-refractivity contribution in [3.8, 4) is 0 Å². The van der Waals surface area contributed by atoms with Crippen LogP contribution in [0.25, 0.3) is 0 Å². The lowest BCUT2D eigenvalue weighted by molar-refractivity contribution is -0.139. The van der Waals surface area contributed by atoms with Gasteiger partial charge in [0.2, 0.25) is 5.91 Å². The number of carboxylic acid groups (broad SMARTS) is 1. The summed E-state index contributed by atoms with van der Waals surface area (Å²) in [6.45, 7) is 3.37. The van der Waals surface area contributed by atoms with Gasteiger partial charge in [-0.1, -0.05) is 18.2 Å². The quantitative estimate of drug-likeness (QED) is 0.506. The monoisotopic (exact) mass is 263 g/mol. The molecule has 0 radical (unpaired) electrons. The molecule has 0 heterocycles. The Balaban J connectivity index is 4.15. The maximum absolute atomic E-state index is 11.2. The lowest BCUT2D eigenvalue weighted by atomic mass is 10.1. The van der Waals surface area contributed by atoms with E-state index < -0.39 is 23.9 Å². The zero-order chi connectivity index (χ0) is 13.4. The van der Waals surface area contributed by atoms with Crippen molar-refractivity contribution in [2.75, 3.05) is 6.54 Å². The Kier molecular flexibility index (Phi) is 6.73. The van der Waals surface area contributed by atoms with Gasteiger partial charge in [0.1, 0.15) is 6.04 Å². The van der Waals surface area contributed by atoms with Gasteiger partial charge in [-0.25, -0.2) is 9.59 Å². The highest BCUT2D eigenvalue weighted by atomic mass is 35.5. The Morgan fingerprint density at radius 2 is 2.00 bits per heavy atom. The maximum Gasteiger partial charge on any atom is 0.326 e. The molecule has 0 saturated heterocycles. The third kappa shape index (κ3) is 8.09. The Labute approximate surface area is 103 Å². The first kappa shape index (κ1) is 15.2. The van der Waals surface area contributed by atoms with Crippen LogP contribution in [0.3, 0.4) is 0 Å². The highest BCUT2D eigenvalue weighted by molar-refractivity contribution is 6.29. The Morgan fingerprint density at radius 3 is 2.41 bits per heavy atom. The molecule has 0 spiro atoms. The van der Waals surface area contributed by atoms with Crippen LogP contribution in [0.15, 0.2) is 11.6 Å². The minimum absolute atomic E-state index is 0.0234. The predicted octanol–water partition coefficient (Wildman–Crippen LogP) is -0.243. The summed E-state index contributed by atoms with van der Waals surface area (Å²) < 4.78 is 0. The largest absolute Gasteiger partial charge is 0.480 e. The molecule has 0 aliphatic heterocycles. The van der Waals surface area contributed by atoms with Gasteiger partial charge in [-0.15, -0.1) is 0 Å². The summed E-state index contributed by atoms with van der Waals surface area (Å²) >= 11 is 5.41. The second kappa shape index (κ2) is 7.50. The minimum Gasteiger partial charge on any atom is -0.480 e. The predicted molar refractivity (Wildman–Crippen MR) is 61.4 cm³/mol. The van der Waals surface area contributed by atoms with E-state index in [1.165, 1.54) is 0 Å². The second-order valence-corrected chi connectivity index (χ2v) is 3.77. The third-order valence-electron chi connectivity index (χ3n) is 1.72. The fourth-order valence-electron chi connectivity index (χ4n) is 0.929. The number of nitrogens with one attached hydrogen (secondary N) is 2. The van der Waals surface area contributed by atoms with E-state index in [0.29, 0.717) is 0 Å². The molecule has 0 aliphatic rings. The molecule has 8 heteroatoms. The molecule has 17 heavy (non-hydrogen) atoms. The molecular weight excluding hydrogens is 250 g/mol. The van der Waals surface area contributed by atoms with Crippen molar-refractivity contribution in [3.05, 3.63) is 11.6 Å². The standard InChI is InChI=1S/C9H14ClN3O4/c1-5(10)4-12-9(17)13-6(8(15)16)2-3-7(11)14/h6H,1-4H2,(H2,11,14)(H,15,16)(H2,12,13,17). The van der Waals surface area contributed by atoms with Crippen molar-refractivity contribution in [1.29, 1.82) is 0 Å². The van der Waals surface area contributed by atoms with Crippen LogP contribution in [-0.4, -0.2) is 35.6 Å². The summed E-state index contributed by atoms with van der Waals surface area (Å²) in [5, 5.41) is 13.5.